The van der Waals surface area contributed by atoms with Crippen LogP contribution in [0.4, 0.5) is 5.82 Å². The maximum atomic E-state index is 12.5. The molecule has 0 unspecified atom stereocenters. The van der Waals surface area contributed by atoms with Crippen LogP contribution in [0.3, 0.4) is 0 Å². The number of benzene rings is 2. The lowest BCUT2D eigenvalue weighted by molar-refractivity contribution is 0.0880. The second kappa shape index (κ2) is 6.00. The molecule has 2 heterocycles. The highest BCUT2D eigenvalue weighted by molar-refractivity contribution is 6.23. The maximum Gasteiger partial charge on any atom is 0.262 e. The number of nitrogen functional groups attached to an aromatic ring is 1. The van der Waals surface area contributed by atoms with Gasteiger partial charge in [0.05, 0.1) is 16.8 Å². The molecule has 2 amide bonds. The first-order chi connectivity index (χ1) is 12.5. The molecule has 0 aliphatic carbocycles. The fraction of sp³-hybridized carbons (Fsp3) is 0.0500. The minimum absolute atomic E-state index is 0.0224. The maximum absolute atomic E-state index is 12.5. The van der Waals surface area contributed by atoms with Crippen molar-refractivity contribution in [3.05, 3.63) is 93.3 Å². The van der Waals surface area contributed by atoms with Crippen LogP contribution < -0.4 is 16.6 Å². The molecule has 1 aliphatic rings. The van der Waals surface area contributed by atoms with Crippen LogP contribution in [0.15, 0.2) is 65.5 Å². The highest BCUT2D eigenvalue weighted by Crippen LogP contribution is 2.23. The summed E-state index contributed by atoms with van der Waals surface area (Å²) in [5, 5.41) is 2.16. The lowest BCUT2D eigenvalue weighted by Crippen LogP contribution is -2.24. The quantitative estimate of drug-likeness (QED) is 0.709. The van der Waals surface area contributed by atoms with Gasteiger partial charge in [0.2, 0.25) is 0 Å². The number of fused-ring (bicyclic) bond motifs is 1. The smallest absolute Gasteiger partial charge is 0.262 e. The SMILES string of the molecule is Nc1c2c(cc(=O)n1-c1cccc(Cc3ccccc3)c1)C(=O)NC2=O. The lowest BCUT2D eigenvalue weighted by Gasteiger charge is -2.13. The Bertz CT molecular complexity index is 1100. The van der Waals surface area contributed by atoms with Crippen molar-refractivity contribution in [2.24, 2.45) is 0 Å². The predicted octanol–water partition coefficient (Wildman–Crippen LogP) is 1.89. The van der Waals surface area contributed by atoms with Crippen LogP contribution in [0.25, 0.3) is 5.69 Å². The summed E-state index contributed by atoms with van der Waals surface area (Å²) in [6, 6.07) is 18.5. The van der Waals surface area contributed by atoms with E-state index >= 15 is 0 Å². The highest BCUT2D eigenvalue weighted by Gasteiger charge is 2.31. The Morgan fingerprint density at radius 1 is 0.846 bits per heavy atom. The summed E-state index contributed by atoms with van der Waals surface area (Å²) in [7, 11) is 0. The Morgan fingerprint density at radius 3 is 2.35 bits per heavy atom. The van der Waals surface area contributed by atoms with E-state index in [1.165, 1.54) is 4.57 Å². The zero-order chi connectivity index (χ0) is 18.3. The summed E-state index contributed by atoms with van der Waals surface area (Å²) in [6.07, 6.45) is 0.702. The van der Waals surface area contributed by atoms with Crippen molar-refractivity contribution in [1.82, 2.24) is 9.88 Å². The van der Waals surface area contributed by atoms with Gasteiger partial charge in [-0.05, 0) is 29.7 Å². The van der Waals surface area contributed by atoms with E-state index in [1.807, 2.05) is 48.5 Å². The molecule has 128 valence electrons. The van der Waals surface area contributed by atoms with Gasteiger partial charge in [-0.1, -0.05) is 42.5 Å². The molecule has 0 radical (unpaired) electrons. The topological polar surface area (TPSA) is 94.2 Å². The van der Waals surface area contributed by atoms with Gasteiger partial charge in [0, 0.05) is 6.07 Å². The standard InChI is InChI=1S/C20H15N3O3/c21-18-17-15(19(25)22-20(17)26)11-16(24)23(18)14-8-4-7-13(10-14)9-12-5-2-1-3-6-12/h1-8,10-11H,9,21H2,(H,22,25,26). The van der Waals surface area contributed by atoms with Gasteiger partial charge >= 0.3 is 0 Å². The minimum Gasteiger partial charge on any atom is -0.384 e. The van der Waals surface area contributed by atoms with E-state index in [0.717, 1.165) is 17.2 Å². The molecule has 0 saturated carbocycles. The first-order valence-corrected chi connectivity index (χ1v) is 8.09. The molecule has 6 heteroatoms. The number of anilines is 1. The van der Waals surface area contributed by atoms with Crippen LogP contribution in [0.5, 0.6) is 0 Å². The van der Waals surface area contributed by atoms with E-state index in [0.29, 0.717) is 12.1 Å². The fourth-order valence-electron chi connectivity index (χ4n) is 3.18. The van der Waals surface area contributed by atoms with Crippen molar-refractivity contribution in [2.45, 2.75) is 6.42 Å². The number of hydrogen-bond acceptors (Lipinski definition) is 4. The zero-order valence-electron chi connectivity index (χ0n) is 13.7. The summed E-state index contributed by atoms with van der Waals surface area (Å²) >= 11 is 0. The largest absolute Gasteiger partial charge is 0.384 e. The molecule has 0 bridgehead atoms. The van der Waals surface area contributed by atoms with Crippen LogP contribution in [0.2, 0.25) is 0 Å². The average Bonchev–Trinajstić information content (AvgIpc) is 2.90. The molecule has 6 nitrogen and oxygen atoms in total. The number of nitrogens with one attached hydrogen (secondary N) is 1. The molecular formula is C20H15N3O3. The van der Waals surface area contributed by atoms with Gasteiger partial charge in [-0.3, -0.25) is 24.3 Å². The molecule has 4 rings (SSSR count). The number of imide groups is 1. The highest BCUT2D eigenvalue weighted by atomic mass is 16.2. The number of carbonyl (C=O) groups is 2. The zero-order valence-corrected chi connectivity index (χ0v) is 13.7. The Labute approximate surface area is 148 Å². The third-order valence-corrected chi connectivity index (χ3v) is 4.37. The molecule has 0 fully saturated rings. The monoisotopic (exact) mass is 345 g/mol. The molecule has 1 aliphatic heterocycles. The van der Waals surface area contributed by atoms with E-state index in [9.17, 15) is 14.4 Å². The van der Waals surface area contributed by atoms with Crippen LogP contribution in [0.1, 0.15) is 31.8 Å². The van der Waals surface area contributed by atoms with Gasteiger partial charge < -0.3 is 5.73 Å². The Morgan fingerprint density at radius 2 is 1.58 bits per heavy atom. The number of nitrogens with two attached hydrogens (primary N) is 1. The molecule has 3 N–H and O–H groups in total. The van der Waals surface area contributed by atoms with Crippen molar-refractivity contribution in [3.63, 3.8) is 0 Å². The minimum atomic E-state index is -0.598. The molecule has 2 aromatic carbocycles. The van der Waals surface area contributed by atoms with E-state index in [-0.39, 0.29) is 16.9 Å². The van der Waals surface area contributed by atoms with E-state index in [1.54, 1.807) is 6.07 Å². The van der Waals surface area contributed by atoms with Crippen LogP contribution in [0, 0.1) is 0 Å². The Kier molecular flexibility index (Phi) is 3.65. The number of carbonyl (C=O) groups excluding carboxylic acids is 2. The number of nitrogens with zero attached hydrogens (tertiary/aromatic N) is 1. The fourth-order valence-corrected chi connectivity index (χ4v) is 3.18. The van der Waals surface area contributed by atoms with Crippen molar-refractivity contribution < 1.29 is 9.59 Å². The lowest BCUT2D eigenvalue weighted by atomic mass is 10.0. The first kappa shape index (κ1) is 15.8. The molecule has 0 saturated heterocycles. The van der Waals surface area contributed by atoms with Crippen molar-refractivity contribution in [3.8, 4) is 5.69 Å². The number of hydrogen-bond donors (Lipinski definition) is 2. The number of amides is 2. The third kappa shape index (κ3) is 2.57. The van der Waals surface area contributed by atoms with E-state index in [2.05, 4.69) is 5.32 Å². The number of pyridine rings is 1. The Balaban J connectivity index is 1.81. The van der Waals surface area contributed by atoms with Crippen LogP contribution in [-0.2, 0) is 6.42 Å². The molecule has 3 aromatic rings. The normalized spacial score (nSPS) is 12.8. The van der Waals surface area contributed by atoms with Gasteiger partial charge in [-0.15, -0.1) is 0 Å². The van der Waals surface area contributed by atoms with Crippen molar-refractivity contribution in [1.29, 1.82) is 0 Å². The van der Waals surface area contributed by atoms with Crippen molar-refractivity contribution >= 4 is 17.6 Å². The van der Waals surface area contributed by atoms with Gasteiger partial charge in [0.1, 0.15) is 5.82 Å². The number of rotatable bonds is 3. The molecular weight excluding hydrogens is 330 g/mol. The second-order valence-corrected chi connectivity index (χ2v) is 6.11. The Hall–Kier alpha value is -3.67. The molecule has 1 aromatic heterocycles. The second-order valence-electron chi connectivity index (χ2n) is 6.11. The van der Waals surface area contributed by atoms with Crippen LogP contribution >= 0.6 is 0 Å². The summed E-state index contributed by atoms with van der Waals surface area (Å²) in [4.78, 5) is 36.2. The van der Waals surface area contributed by atoms with E-state index in [4.69, 9.17) is 5.73 Å². The average molecular weight is 345 g/mol. The molecule has 0 atom stereocenters. The predicted molar refractivity (Wildman–Crippen MR) is 97.5 cm³/mol. The van der Waals surface area contributed by atoms with Gasteiger partial charge in [-0.2, -0.15) is 0 Å². The first-order valence-electron chi connectivity index (χ1n) is 8.09. The van der Waals surface area contributed by atoms with Gasteiger partial charge in [0.15, 0.2) is 0 Å². The summed E-state index contributed by atoms with van der Waals surface area (Å²) in [6.45, 7) is 0. The van der Waals surface area contributed by atoms with Crippen molar-refractivity contribution in [2.75, 3.05) is 5.73 Å². The van der Waals surface area contributed by atoms with E-state index < -0.39 is 17.4 Å². The molecule has 0 spiro atoms. The summed E-state index contributed by atoms with van der Waals surface area (Å²) in [5.41, 5.74) is 8.38. The summed E-state index contributed by atoms with van der Waals surface area (Å²) < 4.78 is 1.26. The number of aromatic nitrogens is 1. The summed E-state index contributed by atoms with van der Waals surface area (Å²) in [5.74, 6) is -1.22. The molecule has 26 heavy (non-hydrogen) atoms. The van der Waals surface area contributed by atoms with Gasteiger partial charge in [-0.25, -0.2) is 0 Å². The van der Waals surface area contributed by atoms with Crippen LogP contribution in [-0.4, -0.2) is 16.4 Å². The van der Waals surface area contributed by atoms with Gasteiger partial charge in [0.25, 0.3) is 17.4 Å². The third-order valence-electron chi connectivity index (χ3n) is 4.37.